The maximum Gasteiger partial charge on any atom is 0.242 e. The highest BCUT2D eigenvalue weighted by atomic mass is 19.3. The van der Waals surface area contributed by atoms with Crippen molar-refractivity contribution in [2.45, 2.75) is 38.0 Å². The van der Waals surface area contributed by atoms with Crippen LogP contribution >= 0.6 is 0 Å². The fourth-order valence-electron chi connectivity index (χ4n) is 4.77. The predicted octanol–water partition coefficient (Wildman–Crippen LogP) is 8.17. The lowest BCUT2D eigenvalue weighted by atomic mass is 9.80. The number of methoxy groups -OCH3 is 1. The lowest BCUT2D eigenvalue weighted by Crippen LogP contribution is -2.22. The highest BCUT2D eigenvalue weighted by Gasteiger charge is 2.31. The normalized spacial score (nSPS) is 12.3. The maximum absolute atomic E-state index is 14.0. The largest absolute Gasteiger partial charge is 0.513 e. The molecule has 2 heterocycles. The molecule has 0 aliphatic carbocycles. The van der Waals surface area contributed by atoms with Crippen LogP contribution in [0, 0.1) is 23.0 Å². The van der Waals surface area contributed by atoms with Crippen molar-refractivity contribution in [1.29, 1.82) is 5.26 Å². The second-order valence-electron chi connectivity index (χ2n) is 10.0. The summed E-state index contributed by atoms with van der Waals surface area (Å²) in [5.41, 5.74) is 2.48. The molecule has 3 aromatic carbocycles. The molecule has 0 amide bonds. The summed E-state index contributed by atoms with van der Waals surface area (Å²) in [6.45, 7) is 5.30. The van der Waals surface area contributed by atoms with Crippen molar-refractivity contribution in [1.82, 2.24) is 15.0 Å². The molecule has 0 spiro atoms. The molecular formula is C33H30F4N4O2. The van der Waals surface area contributed by atoms with Crippen LogP contribution in [0.2, 0.25) is 0 Å². The molecule has 3 N–H and O–H groups in total. The van der Waals surface area contributed by atoms with Crippen molar-refractivity contribution < 1.29 is 27.4 Å². The zero-order valence-corrected chi connectivity index (χ0v) is 23.6. The van der Waals surface area contributed by atoms with E-state index in [1.807, 2.05) is 24.3 Å². The van der Waals surface area contributed by atoms with Crippen LogP contribution in [0.15, 0.2) is 85.4 Å². The maximum atomic E-state index is 14.0. The van der Waals surface area contributed by atoms with Crippen LogP contribution in [0.1, 0.15) is 35.7 Å². The molecule has 2 aromatic heterocycles. The van der Waals surface area contributed by atoms with Gasteiger partial charge in [0.2, 0.25) is 6.43 Å². The zero-order valence-electron chi connectivity index (χ0n) is 23.6. The molecule has 0 radical (unpaired) electrons. The molecule has 0 aliphatic heterocycles. The Balaban J connectivity index is 0.000000225. The fourth-order valence-corrected chi connectivity index (χ4v) is 4.77. The summed E-state index contributed by atoms with van der Waals surface area (Å²) < 4.78 is 57.2. The monoisotopic (exact) mass is 590 g/mol. The topological polar surface area (TPSA) is 97.7 Å². The van der Waals surface area contributed by atoms with Gasteiger partial charge in [-0.25, -0.2) is 22.5 Å². The van der Waals surface area contributed by atoms with Gasteiger partial charge in [0.05, 0.1) is 36.4 Å². The number of nitrogens with one attached hydrogen (secondary N) is 2. The first-order valence-corrected chi connectivity index (χ1v) is 13.4. The van der Waals surface area contributed by atoms with Gasteiger partial charge < -0.3 is 19.8 Å². The molecule has 1 unspecified atom stereocenters. The molecule has 10 heteroatoms. The van der Waals surface area contributed by atoms with Gasteiger partial charge in [-0.3, -0.25) is 0 Å². The number of hydrogen-bond acceptors (Lipinski definition) is 4. The minimum Gasteiger partial charge on any atom is -0.513 e. The third kappa shape index (κ3) is 6.89. The number of benzene rings is 3. The van der Waals surface area contributed by atoms with E-state index in [0.29, 0.717) is 40.8 Å². The van der Waals surface area contributed by atoms with Crippen LogP contribution in [0.25, 0.3) is 22.3 Å². The summed E-state index contributed by atoms with van der Waals surface area (Å²) in [5, 5.41) is 19.8. The van der Waals surface area contributed by atoms with Crippen molar-refractivity contribution in [2.75, 3.05) is 7.11 Å². The number of fused-ring (bicyclic) bond motifs is 1. The van der Waals surface area contributed by atoms with Crippen molar-refractivity contribution >= 4 is 10.9 Å². The summed E-state index contributed by atoms with van der Waals surface area (Å²) in [6, 6.07) is 19.2. The zero-order chi connectivity index (χ0) is 31.1. The number of ether oxygens (including phenoxy) is 1. The first-order valence-electron chi connectivity index (χ1n) is 13.4. The van der Waals surface area contributed by atoms with E-state index >= 15 is 0 Å². The number of H-pyrrole nitrogens is 2. The minimum atomic E-state index is -2.53. The molecule has 0 aliphatic rings. The van der Waals surface area contributed by atoms with Gasteiger partial charge in [0.15, 0.2) is 11.6 Å². The Labute approximate surface area is 246 Å². The SMILES string of the molecule is C=C(O)CCc1cccc(C(C)(C#N)c2cnc(-c3ccccc3F)[nH]2)c1.COc1c(F)cc2[nH]ccc2c1CC(F)F. The van der Waals surface area contributed by atoms with Gasteiger partial charge in [-0.1, -0.05) is 43.0 Å². The summed E-state index contributed by atoms with van der Waals surface area (Å²) in [5.74, 6) is -0.590. The fraction of sp³-hybridized carbons (Fsp3) is 0.212. The Hall–Kier alpha value is -5.04. The van der Waals surface area contributed by atoms with E-state index in [-0.39, 0.29) is 22.9 Å². The van der Waals surface area contributed by atoms with E-state index in [4.69, 9.17) is 4.74 Å². The average Bonchev–Trinajstić information content (AvgIpc) is 3.67. The Kier molecular flexibility index (Phi) is 9.56. The quantitative estimate of drug-likeness (QED) is 0.119. The molecule has 222 valence electrons. The number of rotatable bonds is 9. The van der Waals surface area contributed by atoms with Crippen molar-refractivity contribution in [2.24, 2.45) is 0 Å². The standard InChI is InChI=1S/C22H20FN3O.C11H10F3NO/c1-15(27)10-11-16-6-5-7-17(12-16)22(2,14-24)20-13-25-21(26-20)18-8-3-4-9-19(18)23;1-16-11-7(4-10(13)14)6-2-3-15-9(6)5-8(11)12/h3-9,12-13,27H,1,10-11H2,2H3,(H,25,26);2-3,5,10,15H,4H2,1H3. The summed E-state index contributed by atoms with van der Waals surface area (Å²) in [4.78, 5) is 10.2. The van der Waals surface area contributed by atoms with Gasteiger partial charge in [0.1, 0.15) is 17.1 Å². The number of aromatic nitrogens is 3. The van der Waals surface area contributed by atoms with Crippen molar-refractivity contribution in [3.05, 3.63) is 119 Å². The summed E-state index contributed by atoms with van der Waals surface area (Å²) in [6.07, 6.45) is 1.21. The third-order valence-electron chi connectivity index (χ3n) is 7.10. The van der Waals surface area contributed by atoms with E-state index in [9.17, 15) is 27.9 Å². The molecule has 6 nitrogen and oxygen atoms in total. The third-order valence-corrected chi connectivity index (χ3v) is 7.10. The molecule has 0 saturated heterocycles. The van der Waals surface area contributed by atoms with E-state index in [1.165, 1.54) is 19.2 Å². The number of alkyl halides is 2. The number of aromatic amines is 2. The number of allylic oxidation sites excluding steroid dienone is 1. The number of aliphatic hydroxyl groups is 1. The molecule has 0 saturated carbocycles. The number of halogens is 4. The molecule has 5 aromatic rings. The number of hydrogen-bond donors (Lipinski definition) is 3. The Morgan fingerprint density at radius 1 is 1.12 bits per heavy atom. The first kappa shape index (κ1) is 30.9. The predicted molar refractivity (Wildman–Crippen MR) is 157 cm³/mol. The number of nitrogens with zero attached hydrogens (tertiary/aromatic N) is 2. The Morgan fingerprint density at radius 2 is 1.88 bits per heavy atom. The highest BCUT2D eigenvalue weighted by Crippen LogP contribution is 2.34. The first-order chi connectivity index (χ1) is 20.6. The number of nitriles is 1. The highest BCUT2D eigenvalue weighted by molar-refractivity contribution is 5.85. The van der Waals surface area contributed by atoms with Gasteiger partial charge in [0.25, 0.3) is 0 Å². The van der Waals surface area contributed by atoms with Crippen LogP contribution in [0.3, 0.4) is 0 Å². The molecular weight excluding hydrogens is 560 g/mol. The summed E-state index contributed by atoms with van der Waals surface area (Å²) >= 11 is 0. The number of aryl methyl sites for hydroxylation is 1. The lowest BCUT2D eigenvalue weighted by molar-refractivity contribution is 0.148. The molecule has 0 fully saturated rings. The van der Waals surface area contributed by atoms with E-state index in [2.05, 4.69) is 27.6 Å². The van der Waals surface area contributed by atoms with Crippen LogP contribution < -0.4 is 4.74 Å². The number of aliphatic hydroxyl groups excluding tert-OH is 1. The lowest BCUT2D eigenvalue weighted by Gasteiger charge is -2.21. The minimum absolute atomic E-state index is 0.104. The van der Waals surface area contributed by atoms with Gasteiger partial charge in [0, 0.05) is 41.6 Å². The van der Waals surface area contributed by atoms with Crippen molar-refractivity contribution in [3.8, 4) is 23.2 Å². The van der Waals surface area contributed by atoms with E-state index in [0.717, 1.165) is 11.1 Å². The Morgan fingerprint density at radius 3 is 2.56 bits per heavy atom. The average molecular weight is 591 g/mol. The van der Waals surface area contributed by atoms with Gasteiger partial charge in [-0.2, -0.15) is 5.26 Å². The van der Waals surface area contributed by atoms with Gasteiger partial charge >= 0.3 is 0 Å². The second-order valence-corrected chi connectivity index (χ2v) is 10.0. The molecule has 43 heavy (non-hydrogen) atoms. The van der Waals surface area contributed by atoms with E-state index < -0.39 is 24.1 Å². The van der Waals surface area contributed by atoms with Gasteiger partial charge in [-0.05, 0) is 42.7 Å². The van der Waals surface area contributed by atoms with Gasteiger partial charge in [-0.15, -0.1) is 0 Å². The number of imidazole rings is 1. The molecule has 0 bridgehead atoms. The van der Waals surface area contributed by atoms with Crippen LogP contribution in [0.5, 0.6) is 5.75 Å². The van der Waals surface area contributed by atoms with Crippen molar-refractivity contribution in [3.63, 3.8) is 0 Å². The van der Waals surface area contributed by atoms with Crippen LogP contribution in [-0.4, -0.2) is 33.6 Å². The smallest absolute Gasteiger partial charge is 0.242 e. The Bertz CT molecular complexity index is 1770. The molecule has 1 atom stereocenters. The summed E-state index contributed by atoms with van der Waals surface area (Å²) in [7, 11) is 1.27. The second kappa shape index (κ2) is 13.3. The van der Waals surface area contributed by atoms with E-state index in [1.54, 1.807) is 43.6 Å². The van der Waals surface area contributed by atoms with Crippen LogP contribution in [-0.2, 0) is 18.3 Å². The molecule has 5 rings (SSSR count). The van der Waals surface area contributed by atoms with Crippen LogP contribution in [0.4, 0.5) is 17.6 Å².